The van der Waals surface area contributed by atoms with Crippen molar-refractivity contribution < 1.29 is 20.1 Å². The predicted octanol–water partition coefficient (Wildman–Crippen LogP) is 4.69. The highest BCUT2D eigenvalue weighted by Gasteiger charge is 2.24. The average molecular weight is 350 g/mol. The minimum absolute atomic E-state index is 0.00857. The Morgan fingerprint density at radius 2 is 1.35 bits per heavy atom. The molecule has 3 rings (SSSR count). The van der Waals surface area contributed by atoms with Gasteiger partial charge in [0.1, 0.15) is 17.2 Å². The molecule has 26 heavy (non-hydrogen) atoms. The molecule has 0 aliphatic heterocycles. The number of phenols is 3. The van der Waals surface area contributed by atoms with E-state index in [4.69, 9.17) is 4.74 Å². The van der Waals surface area contributed by atoms with Crippen LogP contribution in [-0.4, -0.2) is 22.4 Å². The van der Waals surface area contributed by atoms with Gasteiger partial charge in [0.05, 0.1) is 6.10 Å². The van der Waals surface area contributed by atoms with Crippen molar-refractivity contribution in [1.29, 1.82) is 0 Å². The van der Waals surface area contributed by atoms with Crippen molar-refractivity contribution in [1.82, 2.24) is 0 Å². The number of hydrogen-bond acceptors (Lipinski definition) is 4. The number of aromatic hydroxyl groups is 3. The molecular weight excluding hydrogens is 328 g/mol. The van der Waals surface area contributed by atoms with Crippen LogP contribution in [0.1, 0.15) is 41.2 Å². The summed E-state index contributed by atoms with van der Waals surface area (Å²) in [4.78, 5) is 0. The van der Waals surface area contributed by atoms with Gasteiger partial charge in [-0.25, -0.2) is 0 Å². The molecule has 4 nitrogen and oxygen atoms in total. The summed E-state index contributed by atoms with van der Waals surface area (Å²) in [6.45, 7) is 1.98. The molecular formula is C22H22O4. The molecule has 0 aliphatic carbocycles. The lowest BCUT2D eigenvalue weighted by Crippen LogP contribution is -2.09. The average Bonchev–Trinajstić information content (AvgIpc) is 2.65. The van der Waals surface area contributed by atoms with Crippen molar-refractivity contribution in [2.45, 2.75) is 18.9 Å². The van der Waals surface area contributed by atoms with Crippen LogP contribution in [0, 0.1) is 0 Å². The van der Waals surface area contributed by atoms with Crippen LogP contribution in [-0.2, 0) is 4.74 Å². The van der Waals surface area contributed by atoms with Crippen molar-refractivity contribution in [3.8, 4) is 17.2 Å². The van der Waals surface area contributed by atoms with E-state index in [9.17, 15) is 15.3 Å². The normalized spacial score (nSPS) is 13.3. The molecule has 0 radical (unpaired) electrons. The lowest BCUT2D eigenvalue weighted by Gasteiger charge is -2.25. The summed E-state index contributed by atoms with van der Waals surface area (Å²) in [5.41, 5.74) is 3.60. The Morgan fingerprint density at radius 3 is 1.96 bits per heavy atom. The number of ether oxygens (including phenoxy) is 1. The van der Waals surface area contributed by atoms with Crippen LogP contribution in [0.4, 0.5) is 0 Å². The highest BCUT2D eigenvalue weighted by Crippen LogP contribution is 2.41. The first-order chi connectivity index (χ1) is 12.5. The molecule has 0 aliphatic rings. The third-order valence-electron chi connectivity index (χ3n) is 4.65. The minimum Gasteiger partial charge on any atom is -0.508 e. The summed E-state index contributed by atoms with van der Waals surface area (Å²) < 4.78 is 5.52. The van der Waals surface area contributed by atoms with Gasteiger partial charge in [0.2, 0.25) is 0 Å². The second-order valence-corrected chi connectivity index (χ2v) is 6.27. The first-order valence-corrected chi connectivity index (χ1v) is 8.43. The third-order valence-corrected chi connectivity index (χ3v) is 4.65. The molecule has 0 spiro atoms. The van der Waals surface area contributed by atoms with E-state index >= 15 is 0 Å². The Bertz CT molecular complexity index is 887. The monoisotopic (exact) mass is 350 g/mol. The molecule has 2 unspecified atom stereocenters. The van der Waals surface area contributed by atoms with E-state index in [1.807, 2.05) is 43.3 Å². The van der Waals surface area contributed by atoms with Gasteiger partial charge in [-0.1, -0.05) is 42.5 Å². The highest BCUT2D eigenvalue weighted by atomic mass is 16.5. The van der Waals surface area contributed by atoms with Gasteiger partial charge in [-0.15, -0.1) is 0 Å². The maximum atomic E-state index is 10.5. The molecule has 0 saturated heterocycles. The van der Waals surface area contributed by atoms with E-state index in [0.29, 0.717) is 5.56 Å². The second-order valence-electron chi connectivity index (χ2n) is 6.27. The number of hydrogen-bond donors (Lipinski definition) is 3. The quantitative estimate of drug-likeness (QED) is 0.584. The van der Waals surface area contributed by atoms with Gasteiger partial charge in [-0.2, -0.15) is 0 Å². The summed E-state index contributed by atoms with van der Waals surface area (Å²) in [5, 5.41) is 29.8. The summed E-state index contributed by atoms with van der Waals surface area (Å²) >= 11 is 0. The summed E-state index contributed by atoms with van der Waals surface area (Å²) in [7, 11) is 1.66. The maximum Gasteiger partial charge on any atom is 0.123 e. The zero-order valence-corrected chi connectivity index (χ0v) is 14.8. The van der Waals surface area contributed by atoms with E-state index in [1.165, 1.54) is 6.07 Å². The highest BCUT2D eigenvalue weighted by molar-refractivity contribution is 5.53. The van der Waals surface area contributed by atoms with E-state index < -0.39 is 0 Å². The molecule has 0 amide bonds. The Hall–Kier alpha value is -2.98. The Morgan fingerprint density at radius 1 is 0.731 bits per heavy atom. The van der Waals surface area contributed by atoms with Crippen molar-refractivity contribution in [2.75, 3.05) is 7.11 Å². The molecule has 3 N–H and O–H groups in total. The molecule has 134 valence electrons. The zero-order chi connectivity index (χ0) is 18.7. The second kappa shape index (κ2) is 7.50. The molecule has 0 fully saturated rings. The number of benzene rings is 3. The van der Waals surface area contributed by atoms with E-state index in [2.05, 4.69) is 0 Å². The SMILES string of the molecule is COC(C)c1ccccc1C(c1ccc(O)cc1)c1ccc(O)cc1O. The Labute approximate surface area is 153 Å². The first-order valence-electron chi connectivity index (χ1n) is 8.43. The van der Waals surface area contributed by atoms with Gasteiger partial charge in [0, 0.05) is 24.7 Å². The largest absolute Gasteiger partial charge is 0.508 e. The number of phenolic OH excluding ortho intramolecular Hbond substituents is 3. The molecule has 3 aromatic rings. The summed E-state index contributed by atoms with van der Waals surface area (Å²) in [6.07, 6.45) is -0.120. The smallest absolute Gasteiger partial charge is 0.123 e. The molecule has 3 aromatic carbocycles. The fourth-order valence-corrected chi connectivity index (χ4v) is 3.24. The van der Waals surface area contributed by atoms with E-state index in [1.54, 1.807) is 31.4 Å². The molecule has 0 heterocycles. The van der Waals surface area contributed by atoms with Gasteiger partial charge < -0.3 is 20.1 Å². The maximum absolute atomic E-state index is 10.5. The van der Waals surface area contributed by atoms with Gasteiger partial charge >= 0.3 is 0 Å². The first kappa shape index (κ1) is 17.8. The van der Waals surface area contributed by atoms with Crippen LogP contribution < -0.4 is 0 Å². The standard InChI is InChI=1S/C22H22O4/c1-14(26-2)18-5-3-4-6-19(18)22(15-7-9-16(23)10-8-15)20-12-11-17(24)13-21(20)25/h3-14,22-25H,1-2H3. The van der Waals surface area contributed by atoms with E-state index in [-0.39, 0.29) is 29.3 Å². The Balaban J connectivity index is 2.24. The van der Waals surface area contributed by atoms with Gasteiger partial charge in [0.15, 0.2) is 0 Å². The number of rotatable bonds is 5. The van der Waals surface area contributed by atoms with Gasteiger partial charge in [-0.3, -0.25) is 0 Å². The van der Waals surface area contributed by atoms with Crippen LogP contribution >= 0.6 is 0 Å². The fraction of sp³-hybridized carbons (Fsp3) is 0.182. The Kier molecular flexibility index (Phi) is 5.14. The van der Waals surface area contributed by atoms with Crippen LogP contribution in [0.25, 0.3) is 0 Å². The van der Waals surface area contributed by atoms with Crippen molar-refractivity contribution in [2.24, 2.45) is 0 Å². The molecule has 2 atom stereocenters. The summed E-state index contributed by atoms with van der Waals surface area (Å²) in [5.74, 6) is -0.0665. The minimum atomic E-state index is -0.273. The third kappa shape index (κ3) is 3.51. The van der Waals surface area contributed by atoms with Crippen LogP contribution in [0.2, 0.25) is 0 Å². The zero-order valence-electron chi connectivity index (χ0n) is 14.8. The van der Waals surface area contributed by atoms with Crippen molar-refractivity contribution in [3.05, 3.63) is 89.0 Å². The van der Waals surface area contributed by atoms with Gasteiger partial charge in [-0.05, 0) is 41.8 Å². The molecule has 4 heteroatoms. The predicted molar refractivity (Wildman–Crippen MR) is 101 cm³/mol. The molecule has 0 bridgehead atoms. The summed E-state index contributed by atoms with van der Waals surface area (Å²) in [6, 6.07) is 19.5. The van der Waals surface area contributed by atoms with Crippen molar-refractivity contribution in [3.63, 3.8) is 0 Å². The molecule has 0 aromatic heterocycles. The van der Waals surface area contributed by atoms with Gasteiger partial charge in [0.25, 0.3) is 0 Å². The topological polar surface area (TPSA) is 69.9 Å². The van der Waals surface area contributed by atoms with Crippen molar-refractivity contribution >= 4 is 0 Å². The molecule has 0 saturated carbocycles. The lowest BCUT2D eigenvalue weighted by atomic mass is 9.81. The van der Waals surface area contributed by atoms with E-state index in [0.717, 1.165) is 16.7 Å². The van der Waals surface area contributed by atoms with Crippen LogP contribution in [0.3, 0.4) is 0 Å². The fourth-order valence-electron chi connectivity index (χ4n) is 3.24. The number of methoxy groups -OCH3 is 1. The van der Waals surface area contributed by atoms with Crippen LogP contribution in [0.5, 0.6) is 17.2 Å². The lowest BCUT2D eigenvalue weighted by molar-refractivity contribution is 0.118. The van der Waals surface area contributed by atoms with Crippen LogP contribution in [0.15, 0.2) is 66.7 Å².